The minimum absolute atomic E-state index is 0.0494. The van der Waals surface area contributed by atoms with Crippen molar-refractivity contribution >= 4 is 21.8 Å². The molecule has 29 heavy (non-hydrogen) atoms. The second-order valence-electron chi connectivity index (χ2n) is 7.70. The summed E-state index contributed by atoms with van der Waals surface area (Å²) in [5.74, 6) is -0.0151. The Labute approximate surface area is 173 Å². The topological polar surface area (TPSA) is 78.0 Å². The van der Waals surface area contributed by atoms with Crippen LogP contribution in [0.15, 0.2) is 35.2 Å². The van der Waals surface area contributed by atoms with E-state index in [0.29, 0.717) is 58.4 Å². The number of carbonyl (C=O) groups is 2. The van der Waals surface area contributed by atoms with Gasteiger partial charge in [-0.25, -0.2) is 8.42 Å². The van der Waals surface area contributed by atoms with E-state index < -0.39 is 16.1 Å². The lowest BCUT2D eigenvalue weighted by molar-refractivity contribution is -0.142. The first-order valence-corrected chi connectivity index (χ1v) is 12.0. The summed E-state index contributed by atoms with van der Waals surface area (Å²) in [4.78, 5) is 29.5. The highest BCUT2D eigenvalue weighted by Gasteiger charge is 2.42. The second-order valence-corrected chi connectivity index (χ2v) is 9.59. The molecule has 2 heterocycles. The fourth-order valence-electron chi connectivity index (χ4n) is 4.35. The highest BCUT2D eigenvalue weighted by atomic mass is 32.2. The summed E-state index contributed by atoms with van der Waals surface area (Å²) >= 11 is 0. The Morgan fingerprint density at radius 3 is 2.21 bits per heavy atom. The monoisotopic (exact) mass is 421 g/mol. The van der Waals surface area contributed by atoms with Gasteiger partial charge in [0.1, 0.15) is 6.04 Å². The van der Waals surface area contributed by atoms with E-state index in [4.69, 9.17) is 0 Å². The van der Waals surface area contributed by atoms with E-state index in [0.717, 1.165) is 0 Å². The summed E-state index contributed by atoms with van der Waals surface area (Å²) in [5.41, 5.74) is 0. The van der Waals surface area contributed by atoms with Gasteiger partial charge < -0.3 is 9.80 Å². The molecule has 2 aliphatic rings. The van der Waals surface area contributed by atoms with Crippen molar-refractivity contribution in [1.82, 2.24) is 14.1 Å². The fraction of sp³-hybridized carbons (Fsp3) is 0.619. The molecule has 0 spiro atoms. The van der Waals surface area contributed by atoms with Crippen LogP contribution in [0.1, 0.15) is 39.5 Å². The summed E-state index contributed by atoms with van der Waals surface area (Å²) in [5, 5.41) is 0. The van der Waals surface area contributed by atoms with Crippen LogP contribution in [0.5, 0.6) is 0 Å². The predicted octanol–water partition coefficient (Wildman–Crippen LogP) is 1.95. The smallest absolute Gasteiger partial charge is 0.243 e. The van der Waals surface area contributed by atoms with Crippen LogP contribution in [0, 0.1) is 5.92 Å². The Balaban J connectivity index is 1.66. The molecule has 0 saturated carbocycles. The molecule has 2 amide bonds. The summed E-state index contributed by atoms with van der Waals surface area (Å²) < 4.78 is 27.4. The van der Waals surface area contributed by atoms with Crippen molar-refractivity contribution in [2.75, 3.05) is 32.7 Å². The fourth-order valence-corrected chi connectivity index (χ4v) is 6.03. The highest BCUT2D eigenvalue weighted by Crippen LogP contribution is 2.29. The lowest BCUT2D eigenvalue weighted by atomic mass is 9.94. The summed E-state index contributed by atoms with van der Waals surface area (Å²) in [6.07, 6.45) is 2.50. The average molecular weight is 422 g/mol. The molecule has 1 unspecified atom stereocenters. The van der Waals surface area contributed by atoms with Crippen molar-refractivity contribution in [3.63, 3.8) is 0 Å². The quantitative estimate of drug-likeness (QED) is 0.703. The number of nitrogens with zero attached hydrogens (tertiary/aromatic N) is 3. The van der Waals surface area contributed by atoms with E-state index in [1.165, 1.54) is 4.31 Å². The lowest BCUT2D eigenvalue weighted by Crippen LogP contribution is -2.51. The molecule has 0 aliphatic carbocycles. The van der Waals surface area contributed by atoms with E-state index in [1.807, 2.05) is 18.7 Å². The number of sulfonamides is 1. The minimum Gasteiger partial charge on any atom is -0.343 e. The zero-order chi connectivity index (χ0) is 21.0. The molecule has 1 aromatic rings. The maximum atomic E-state index is 13.1. The van der Waals surface area contributed by atoms with Crippen LogP contribution in [-0.2, 0) is 19.6 Å². The SMILES string of the molecule is CCN(CC)C(=O)C1CCN(C(=O)C2CCCN2S(=O)(=O)c2ccccc2)CC1. The summed E-state index contributed by atoms with van der Waals surface area (Å²) in [7, 11) is -3.69. The van der Waals surface area contributed by atoms with Crippen LogP contribution in [0.2, 0.25) is 0 Å². The van der Waals surface area contributed by atoms with Gasteiger partial charge in [0.05, 0.1) is 4.90 Å². The Kier molecular flexibility index (Phi) is 6.95. The van der Waals surface area contributed by atoms with Gasteiger partial charge in [-0.1, -0.05) is 18.2 Å². The van der Waals surface area contributed by atoms with Gasteiger partial charge in [-0.3, -0.25) is 9.59 Å². The third kappa shape index (κ3) is 4.48. The normalized spacial score (nSPS) is 21.3. The number of likely N-dealkylation sites (tertiary alicyclic amines) is 1. The van der Waals surface area contributed by atoms with Crippen molar-refractivity contribution in [2.24, 2.45) is 5.92 Å². The van der Waals surface area contributed by atoms with Gasteiger partial charge in [0.15, 0.2) is 0 Å². The molecule has 0 aromatic heterocycles. The van der Waals surface area contributed by atoms with Crippen molar-refractivity contribution in [3.05, 3.63) is 30.3 Å². The first kappa shape index (κ1) is 21.8. The van der Waals surface area contributed by atoms with Gasteiger partial charge in [-0.15, -0.1) is 0 Å². The third-order valence-corrected chi connectivity index (χ3v) is 7.99. The van der Waals surface area contributed by atoms with E-state index in [2.05, 4.69) is 0 Å². The number of rotatable bonds is 6. The third-order valence-electron chi connectivity index (χ3n) is 6.07. The molecule has 0 radical (unpaired) electrons. The van der Waals surface area contributed by atoms with E-state index >= 15 is 0 Å². The molecule has 3 rings (SSSR count). The number of hydrogen-bond donors (Lipinski definition) is 0. The Morgan fingerprint density at radius 2 is 1.62 bits per heavy atom. The largest absolute Gasteiger partial charge is 0.343 e. The van der Waals surface area contributed by atoms with Gasteiger partial charge in [-0.05, 0) is 51.7 Å². The van der Waals surface area contributed by atoms with Crippen molar-refractivity contribution < 1.29 is 18.0 Å². The van der Waals surface area contributed by atoms with Gasteiger partial charge >= 0.3 is 0 Å². The van der Waals surface area contributed by atoms with Crippen LogP contribution in [0.3, 0.4) is 0 Å². The van der Waals surface area contributed by atoms with Crippen molar-refractivity contribution in [2.45, 2.75) is 50.5 Å². The Hall–Kier alpha value is -1.93. The zero-order valence-corrected chi connectivity index (χ0v) is 18.1. The number of hydrogen-bond acceptors (Lipinski definition) is 4. The first-order valence-electron chi connectivity index (χ1n) is 10.5. The zero-order valence-electron chi connectivity index (χ0n) is 17.3. The molecule has 2 aliphatic heterocycles. The molecule has 0 bridgehead atoms. The molecule has 1 aromatic carbocycles. The van der Waals surface area contributed by atoms with Gasteiger partial charge in [0.25, 0.3) is 0 Å². The minimum atomic E-state index is -3.69. The second kappa shape index (κ2) is 9.26. The lowest BCUT2D eigenvalue weighted by Gasteiger charge is -2.36. The number of amides is 2. The van der Waals surface area contributed by atoms with E-state index in [9.17, 15) is 18.0 Å². The van der Waals surface area contributed by atoms with Crippen LogP contribution in [-0.4, -0.2) is 73.1 Å². The molecular formula is C21H31N3O4S. The molecule has 0 N–H and O–H groups in total. The molecule has 2 saturated heterocycles. The first-order chi connectivity index (χ1) is 13.9. The maximum Gasteiger partial charge on any atom is 0.243 e. The molecule has 8 heteroatoms. The summed E-state index contributed by atoms with van der Waals surface area (Å²) in [6, 6.07) is 7.65. The molecular weight excluding hydrogens is 390 g/mol. The molecule has 2 fully saturated rings. The molecule has 1 atom stereocenters. The standard InChI is InChI=1S/C21H31N3O4S/c1-3-22(4-2)20(25)17-12-15-23(16-13-17)21(26)19-11-8-14-24(19)29(27,28)18-9-6-5-7-10-18/h5-7,9-10,17,19H,3-4,8,11-16H2,1-2H3. The van der Waals surface area contributed by atoms with E-state index in [1.54, 1.807) is 35.2 Å². The average Bonchev–Trinajstić information content (AvgIpc) is 3.25. The van der Waals surface area contributed by atoms with Crippen LogP contribution in [0.25, 0.3) is 0 Å². The molecule has 160 valence electrons. The van der Waals surface area contributed by atoms with Gasteiger partial charge in [0, 0.05) is 38.6 Å². The predicted molar refractivity (Wildman–Crippen MR) is 111 cm³/mol. The maximum absolute atomic E-state index is 13.1. The highest BCUT2D eigenvalue weighted by molar-refractivity contribution is 7.89. The Bertz CT molecular complexity index is 816. The van der Waals surface area contributed by atoms with Crippen molar-refractivity contribution in [3.8, 4) is 0 Å². The Morgan fingerprint density at radius 1 is 1.00 bits per heavy atom. The molecule has 7 nitrogen and oxygen atoms in total. The van der Waals surface area contributed by atoms with Crippen molar-refractivity contribution in [1.29, 1.82) is 0 Å². The van der Waals surface area contributed by atoms with Gasteiger partial charge in [-0.2, -0.15) is 4.31 Å². The summed E-state index contributed by atoms with van der Waals surface area (Å²) in [6.45, 7) is 6.72. The van der Waals surface area contributed by atoms with Gasteiger partial charge in [0.2, 0.25) is 21.8 Å². The van der Waals surface area contributed by atoms with Crippen LogP contribution >= 0.6 is 0 Å². The number of benzene rings is 1. The number of carbonyl (C=O) groups excluding carboxylic acids is 2. The number of piperidine rings is 1. The van der Waals surface area contributed by atoms with Crippen LogP contribution < -0.4 is 0 Å². The van der Waals surface area contributed by atoms with Crippen LogP contribution in [0.4, 0.5) is 0 Å². The van der Waals surface area contributed by atoms with E-state index in [-0.39, 0.29) is 22.6 Å².